The van der Waals surface area contributed by atoms with E-state index in [2.05, 4.69) is 4.99 Å². The second kappa shape index (κ2) is 9.06. The first-order valence-corrected chi connectivity index (χ1v) is 12.1. The number of fused-ring (bicyclic) bond motifs is 1. The van der Waals surface area contributed by atoms with Gasteiger partial charge in [0.2, 0.25) is 10.0 Å². The Bertz CT molecular complexity index is 1250. The maximum atomic E-state index is 12.8. The molecule has 9 nitrogen and oxygen atoms in total. The summed E-state index contributed by atoms with van der Waals surface area (Å²) in [4.78, 5) is 17.1. The molecule has 33 heavy (non-hydrogen) atoms. The van der Waals surface area contributed by atoms with Crippen LogP contribution in [-0.4, -0.2) is 65.6 Å². The van der Waals surface area contributed by atoms with Gasteiger partial charge in [-0.1, -0.05) is 31.2 Å². The first-order valence-electron chi connectivity index (χ1n) is 10.7. The second-order valence-corrected chi connectivity index (χ2v) is 10.1. The number of benzene rings is 2. The molecule has 0 aromatic heterocycles. The molecule has 0 aliphatic carbocycles. The monoisotopic (exact) mass is 470 g/mol. The smallest absolute Gasteiger partial charge is 0.273 e. The number of nitrogens with two attached hydrogens (primary N) is 1. The van der Waals surface area contributed by atoms with Crippen LogP contribution < -0.4 is 5.73 Å². The van der Waals surface area contributed by atoms with E-state index in [1.807, 2.05) is 13.0 Å². The van der Waals surface area contributed by atoms with E-state index in [-0.39, 0.29) is 36.8 Å². The Morgan fingerprint density at radius 3 is 2.64 bits per heavy atom. The number of hydrogen-bond donors (Lipinski definition) is 3. The lowest BCUT2D eigenvalue weighted by Gasteiger charge is -2.34. The summed E-state index contributed by atoms with van der Waals surface area (Å²) < 4.78 is 26.8. The van der Waals surface area contributed by atoms with Gasteiger partial charge in [-0.05, 0) is 41.8 Å². The van der Waals surface area contributed by atoms with Gasteiger partial charge in [0, 0.05) is 37.2 Å². The van der Waals surface area contributed by atoms with Crippen molar-refractivity contribution in [2.75, 3.05) is 19.6 Å². The fraction of sp³-hybridized carbons (Fsp3) is 0.304. The summed E-state index contributed by atoms with van der Waals surface area (Å²) in [5.74, 6) is -0.274. The number of aliphatic hydroxyl groups is 1. The van der Waals surface area contributed by atoms with Gasteiger partial charge in [-0.25, -0.2) is 18.5 Å². The van der Waals surface area contributed by atoms with Crippen LogP contribution in [0.5, 0.6) is 0 Å². The summed E-state index contributed by atoms with van der Waals surface area (Å²) in [6.45, 7) is 2.26. The molecule has 2 aromatic carbocycles. The number of carbonyl (C=O) groups excluding carboxylic acids is 1. The SMILES string of the molecule is CCCN(O)C(=O)C1=Cc2ccc(-c3cccc(S(=O)(=O)N4CC(O)C4)c3)cc2N=C(N)C1. The van der Waals surface area contributed by atoms with Crippen molar-refractivity contribution in [2.45, 2.75) is 30.8 Å². The Morgan fingerprint density at radius 2 is 1.94 bits per heavy atom. The molecular weight excluding hydrogens is 444 g/mol. The molecule has 1 saturated heterocycles. The molecule has 0 bridgehead atoms. The van der Waals surface area contributed by atoms with Crippen molar-refractivity contribution >= 4 is 33.5 Å². The van der Waals surface area contributed by atoms with Crippen molar-refractivity contribution in [1.82, 2.24) is 9.37 Å². The summed E-state index contributed by atoms with van der Waals surface area (Å²) >= 11 is 0. The molecule has 4 rings (SSSR count). The third-order valence-electron chi connectivity index (χ3n) is 5.57. The molecular formula is C23H26N4O5S. The van der Waals surface area contributed by atoms with Crippen LogP contribution in [0.25, 0.3) is 17.2 Å². The van der Waals surface area contributed by atoms with Crippen molar-refractivity contribution in [3.63, 3.8) is 0 Å². The molecule has 2 heterocycles. The zero-order chi connectivity index (χ0) is 23.8. The highest BCUT2D eigenvalue weighted by atomic mass is 32.2. The molecule has 2 aliphatic heterocycles. The van der Waals surface area contributed by atoms with Gasteiger partial charge < -0.3 is 10.8 Å². The minimum atomic E-state index is -3.68. The number of amidine groups is 1. The van der Waals surface area contributed by atoms with Crippen LogP contribution in [0.2, 0.25) is 0 Å². The van der Waals surface area contributed by atoms with Gasteiger partial charge in [0.15, 0.2) is 0 Å². The van der Waals surface area contributed by atoms with E-state index in [0.717, 1.165) is 5.56 Å². The normalized spacial score (nSPS) is 16.8. The van der Waals surface area contributed by atoms with Gasteiger partial charge in [0.25, 0.3) is 5.91 Å². The fourth-order valence-electron chi connectivity index (χ4n) is 3.78. The summed E-state index contributed by atoms with van der Waals surface area (Å²) in [7, 11) is -3.68. The van der Waals surface area contributed by atoms with Crippen molar-refractivity contribution in [3.05, 3.63) is 53.6 Å². The van der Waals surface area contributed by atoms with E-state index in [9.17, 15) is 23.5 Å². The first-order chi connectivity index (χ1) is 15.7. The standard InChI is InChI=1S/C23H26N4O5S/c1-2-8-27(30)23(29)18-9-17-7-6-16(11-21(17)25-22(24)12-18)15-4-3-5-20(10-15)33(31,32)26-13-19(28)14-26/h3-7,9-11,19,28,30H,2,8,12-14H2,1H3,(H2,24,25). The molecule has 0 radical (unpaired) electrons. The number of β-amino-alcohol motifs (C(OH)–C–C–N with tert-alkyl or cyclic N) is 1. The Kier molecular flexibility index (Phi) is 6.35. The molecule has 0 saturated carbocycles. The van der Waals surface area contributed by atoms with E-state index in [1.54, 1.807) is 36.4 Å². The van der Waals surface area contributed by atoms with Crippen LogP contribution in [0, 0.1) is 0 Å². The molecule has 174 valence electrons. The second-order valence-electron chi connectivity index (χ2n) is 8.16. The average Bonchev–Trinajstić information content (AvgIpc) is 2.93. The van der Waals surface area contributed by atoms with Gasteiger partial charge in [-0.15, -0.1) is 0 Å². The molecule has 4 N–H and O–H groups in total. The van der Waals surface area contributed by atoms with Crippen LogP contribution in [-0.2, 0) is 14.8 Å². The number of sulfonamides is 1. The summed E-state index contributed by atoms with van der Waals surface area (Å²) in [6.07, 6.45) is 1.77. The van der Waals surface area contributed by atoms with E-state index < -0.39 is 22.0 Å². The fourth-order valence-corrected chi connectivity index (χ4v) is 5.35. The minimum absolute atomic E-state index is 0.0936. The highest BCUT2D eigenvalue weighted by Gasteiger charge is 2.35. The van der Waals surface area contributed by atoms with E-state index in [4.69, 9.17) is 5.73 Å². The summed E-state index contributed by atoms with van der Waals surface area (Å²) in [5, 5.41) is 20.1. The Labute approximate surface area is 192 Å². The molecule has 2 aliphatic rings. The lowest BCUT2D eigenvalue weighted by Crippen LogP contribution is -2.53. The maximum Gasteiger partial charge on any atom is 0.273 e. The van der Waals surface area contributed by atoms with Gasteiger partial charge in [0.1, 0.15) is 5.84 Å². The number of hydroxylamine groups is 2. The highest BCUT2D eigenvalue weighted by molar-refractivity contribution is 7.89. The van der Waals surface area contributed by atoms with E-state index in [0.29, 0.717) is 33.9 Å². The lowest BCUT2D eigenvalue weighted by molar-refractivity contribution is -0.160. The highest BCUT2D eigenvalue weighted by Crippen LogP contribution is 2.33. The lowest BCUT2D eigenvalue weighted by atomic mass is 10.0. The molecule has 1 fully saturated rings. The number of aliphatic hydroxyl groups excluding tert-OH is 1. The Morgan fingerprint density at radius 1 is 1.21 bits per heavy atom. The molecule has 1 amide bonds. The number of amides is 1. The van der Waals surface area contributed by atoms with E-state index in [1.165, 1.54) is 10.4 Å². The number of hydrogen-bond acceptors (Lipinski definition) is 7. The summed E-state index contributed by atoms with van der Waals surface area (Å²) in [6, 6.07) is 12.0. The third kappa shape index (κ3) is 4.69. The molecule has 0 atom stereocenters. The number of carbonyl (C=O) groups is 1. The van der Waals surface area contributed by atoms with Crippen molar-refractivity contribution in [1.29, 1.82) is 0 Å². The molecule has 10 heteroatoms. The van der Waals surface area contributed by atoms with Crippen LogP contribution >= 0.6 is 0 Å². The van der Waals surface area contributed by atoms with Gasteiger partial charge in [0.05, 0.1) is 16.7 Å². The van der Waals surface area contributed by atoms with Gasteiger partial charge in [-0.3, -0.25) is 10.0 Å². The van der Waals surface area contributed by atoms with E-state index >= 15 is 0 Å². The third-order valence-corrected chi connectivity index (χ3v) is 7.40. The largest absolute Gasteiger partial charge is 0.390 e. The number of rotatable bonds is 6. The van der Waals surface area contributed by atoms with Crippen LogP contribution in [0.1, 0.15) is 25.3 Å². The van der Waals surface area contributed by atoms with Crippen molar-refractivity contribution in [3.8, 4) is 11.1 Å². The average molecular weight is 471 g/mol. The zero-order valence-corrected chi connectivity index (χ0v) is 19.0. The number of nitrogens with zero attached hydrogens (tertiary/aromatic N) is 3. The first kappa shape index (κ1) is 23.1. The molecule has 2 aromatic rings. The van der Waals surface area contributed by atoms with Crippen LogP contribution in [0.4, 0.5) is 5.69 Å². The van der Waals surface area contributed by atoms with Gasteiger partial charge in [-0.2, -0.15) is 4.31 Å². The molecule has 0 spiro atoms. The quantitative estimate of drug-likeness (QED) is 0.437. The zero-order valence-electron chi connectivity index (χ0n) is 18.2. The maximum absolute atomic E-state index is 12.8. The number of aliphatic imine (C=N–C) groups is 1. The predicted molar refractivity (Wildman–Crippen MR) is 124 cm³/mol. The molecule has 0 unspecified atom stereocenters. The van der Waals surface area contributed by atoms with Crippen LogP contribution in [0.3, 0.4) is 0 Å². The topological polar surface area (TPSA) is 137 Å². The minimum Gasteiger partial charge on any atom is -0.390 e. The Hall–Kier alpha value is -3.05. The Balaban J connectivity index is 1.67. The predicted octanol–water partition coefficient (Wildman–Crippen LogP) is 2.12. The van der Waals surface area contributed by atoms with Crippen LogP contribution in [0.15, 0.2) is 57.9 Å². The van der Waals surface area contributed by atoms with Gasteiger partial charge >= 0.3 is 0 Å². The summed E-state index contributed by atoms with van der Waals surface area (Å²) in [5.41, 5.74) is 9.02. The van der Waals surface area contributed by atoms with Crippen molar-refractivity contribution < 1.29 is 23.5 Å². The van der Waals surface area contributed by atoms with Crippen molar-refractivity contribution in [2.24, 2.45) is 10.7 Å².